The first kappa shape index (κ1) is 17.2. The number of carboxylic acid groups (broad SMARTS) is 2. The van der Waals surface area contributed by atoms with E-state index >= 15 is 0 Å². The van der Waals surface area contributed by atoms with Gasteiger partial charge in [-0.05, 0) is 12.1 Å². The van der Waals surface area contributed by atoms with Crippen LogP contribution in [-0.4, -0.2) is 43.6 Å². The van der Waals surface area contributed by atoms with E-state index in [1.807, 2.05) is 0 Å². The number of hydrogen-bond donors (Lipinski definition) is 3. The Morgan fingerprint density at radius 1 is 1.04 bits per heavy atom. The van der Waals surface area contributed by atoms with E-state index in [1.165, 1.54) is 12.1 Å². The van der Waals surface area contributed by atoms with Gasteiger partial charge in [-0.1, -0.05) is 18.2 Å². The summed E-state index contributed by atoms with van der Waals surface area (Å²) in [5, 5.41) is 28.0. The Morgan fingerprint density at radius 2 is 1.71 bits per heavy atom. The van der Waals surface area contributed by atoms with Crippen molar-refractivity contribution in [3.05, 3.63) is 46.8 Å². The van der Waals surface area contributed by atoms with Crippen molar-refractivity contribution in [1.82, 2.24) is 4.73 Å². The SMILES string of the molecule is O=C(O)CC(O)(CC(=O)On1c(=O)ccc2ccccc21)C(=O)O. The Morgan fingerprint density at radius 3 is 2.33 bits per heavy atom. The number of rotatable bonds is 6. The number of carbonyl (C=O) groups is 3. The Bertz CT molecular complexity index is 871. The van der Waals surface area contributed by atoms with Gasteiger partial charge in [-0.15, -0.1) is 4.73 Å². The summed E-state index contributed by atoms with van der Waals surface area (Å²) in [7, 11) is 0. The molecule has 2 rings (SSSR count). The molecule has 0 spiro atoms. The second-order valence-corrected chi connectivity index (χ2v) is 5.07. The fourth-order valence-corrected chi connectivity index (χ4v) is 2.09. The fourth-order valence-electron chi connectivity index (χ4n) is 2.09. The third kappa shape index (κ3) is 3.58. The monoisotopic (exact) mass is 335 g/mol. The maximum Gasteiger partial charge on any atom is 0.336 e. The summed E-state index contributed by atoms with van der Waals surface area (Å²) in [5.74, 6) is -4.75. The molecule has 24 heavy (non-hydrogen) atoms. The van der Waals surface area contributed by atoms with E-state index in [0.29, 0.717) is 10.1 Å². The van der Waals surface area contributed by atoms with Crippen molar-refractivity contribution >= 4 is 28.8 Å². The van der Waals surface area contributed by atoms with E-state index in [-0.39, 0.29) is 5.52 Å². The molecule has 0 radical (unpaired) electrons. The maximum absolute atomic E-state index is 11.9. The molecular weight excluding hydrogens is 322 g/mol. The fraction of sp³-hybridized carbons (Fsp3) is 0.200. The minimum atomic E-state index is -2.84. The van der Waals surface area contributed by atoms with Crippen LogP contribution in [0.25, 0.3) is 10.9 Å². The van der Waals surface area contributed by atoms with E-state index in [0.717, 1.165) is 6.07 Å². The first-order valence-corrected chi connectivity index (χ1v) is 6.72. The van der Waals surface area contributed by atoms with Crippen molar-refractivity contribution in [2.75, 3.05) is 0 Å². The smallest absolute Gasteiger partial charge is 0.336 e. The number of hydrogen-bond acceptors (Lipinski definition) is 6. The van der Waals surface area contributed by atoms with Crippen molar-refractivity contribution in [3.8, 4) is 0 Å². The van der Waals surface area contributed by atoms with Gasteiger partial charge in [0, 0.05) is 11.5 Å². The van der Waals surface area contributed by atoms with Gasteiger partial charge in [-0.25, -0.2) is 9.59 Å². The number of nitrogens with zero attached hydrogens (tertiary/aromatic N) is 1. The zero-order chi connectivity index (χ0) is 17.9. The van der Waals surface area contributed by atoms with Crippen LogP contribution in [-0.2, 0) is 14.4 Å². The molecule has 0 saturated carbocycles. The van der Waals surface area contributed by atoms with Crippen LogP contribution in [0.2, 0.25) is 0 Å². The normalized spacial score (nSPS) is 13.2. The van der Waals surface area contributed by atoms with Gasteiger partial charge in [-0.3, -0.25) is 9.59 Å². The van der Waals surface area contributed by atoms with Crippen LogP contribution in [0.1, 0.15) is 12.8 Å². The van der Waals surface area contributed by atoms with Crippen molar-refractivity contribution < 1.29 is 34.5 Å². The number of aromatic nitrogens is 1. The Labute approximate surface area is 134 Å². The van der Waals surface area contributed by atoms with Gasteiger partial charge < -0.3 is 20.2 Å². The lowest BCUT2D eigenvalue weighted by atomic mass is 9.96. The molecule has 1 aromatic carbocycles. The lowest BCUT2D eigenvalue weighted by Gasteiger charge is -2.20. The average molecular weight is 335 g/mol. The summed E-state index contributed by atoms with van der Waals surface area (Å²) in [4.78, 5) is 50.3. The summed E-state index contributed by atoms with van der Waals surface area (Å²) >= 11 is 0. The summed E-state index contributed by atoms with van der Waals surface area (Å²) in [6, 6.07) is 9.14. The standard InChI is InChI=1S/C15H13NO8/c17-11-6-5-9-3-1-2-4-10(9)16(11)24-13(20)8-15(23,14(21)22)7-12(18)19/h1-6,23H,7-8H2,(H,18,19)(H,21,22). The minimum Gasteiger partial charge on any atom is -0.481 e. The van der Waals surface area contributed by atoms with Crippen LogP contribution in [0.4, 0.5) is 0 Å². The molecule has 0 aliphatic rings. The molecule has 9 heteroatoms. The van der Waals surface area contributed by atoms with E-state index in [2.05, 4.69) is 0 Å². The Hall–Kier alpha value is -3.20. The molecule has 1 atom stereocenters. The number of aliphatic carboxylic acids is 2. The minimum absolute atomic E-state index is 0.260. The van der Waals surface area contributed by atoms with Gasteiger partial charge in [-0.2, -0.15) is 0 Å². The number of carbonyl (C=O) groups excluding carboxylic acids is 1. The summed E-state index contributed by atoms with van der Waals surface area (Å²) in [6.07, 6.45) is -2.33. The molecule has 0 saturated heterocycles. The van der Waals surface area contributed by atoms with Crippen LogP contribution < -0.4 is 10.4 Å². The van der Waals surface area contributed by atoms with Crippen LogP contribution >= 0.6 is 0 Å². The zero-order valence-electron chi connectivity index (χ0n) is 12.2. The summed E-state index contributed by atoms with van der Waals surface area (Å²) < 4.78 is 0.653. The van der Waals surface area contributed by atoms with Crippen molar-refractivity contribution in [2.24, 2.45) is 0 Å². The molecule has 1 aromatic heterocycles. The number of fused-ring (bicyclic) bond motifs is 1. The number of pyridine rings is 1. The van der Waals surface area contributed by atoms with Crippen LogP contribution in [0.5, 0.6) is 0 Å². The Kier molecular flexibility index (Phi) is 4.65. The van der Waals surface area contributed by atoms with Crippen LogP contribution in [0, 0.1) is 0 Å². The molecule has 9 nitrogen and oxygen atoms in total. The van der Waals surface area contributed by atoms with Crippen molar-refractivity contribution in [2.45, 2.75) is 18.4 Å². The van der Waals surface area contributed by atoms with Gasteiger partial charge in [0.15, 0.2) is 5.60 Å². The van der Waals surface area contributed by atoms with E-state index < -0.39 is 41.9 Å². The molecule has 126 valence electrons. The quantitative estimate of drug-likeness (QED) is 0.649. The zero-order valence-corrected chi connectivity index (χ0v) is 12.2. The predicted molar refractivity (Wildman–Crippen MR) is 79.3 cm³/mol. The molecule has 0 amide bonds. The molecule has 2 aromatic rings. The van der Waals surface area contributed by atoms with Crippen molar-refractivity contribution in [3.63, 3.8) is 0 Å². The largest absolute Gasteiger partial charge is 0.481 e. The van der Waals surface area contributed by atoms with E-state index in [1.54, 1.807) is 18.2 Å². The maximum atomic E-state index is 11.9. The number of benzene rings is 1. The number of para-hydroxylation sites is 1. The highest BCUT2D eigenvalue weighted by Gasteiger charge is 2.41. The van der Waals surface area contributed by atoms with E-state index in [4.69, 9.17) is 15.1 Å². The highest BCUT2D eigenvalue weighted by atomic mass is 16.7. The molecular formula is C15H13NO8. The second kappa shape index (κ2) is 6.50. The third-order valence-corrected chi connectivity index (χ3v) is 3.23. The first-order valence-electron chi connectivity index (χ1n) is 6.72. The molecule has 1 heterocycles. The van der Waals surface area contributed by atoms with Crippen molar-refractivity contribution in [1.29, 1.82) is 0 Å². The summed E-state index contributed by atoms with van der Waals surface area (Å²) in [5.41, 5.74) is -3.26. The van der Waals surface area contributed by atoms with Crippen LogP contribution in [0.3, 0.4) is 0 Å². The molecule has 0 aliphatic carbocycles. The topological polar surface area (TPSA) is 143 Å². The molecule has 0 fully saturated rings. The third-order valence-electron chi connectivity index (χ3n) is 3.23. The first-order chi connectivity index (χ1) is 11.2. The number of aliphatic hydroxyl groups is 1. The average Bonchev–Trinajstić information content (AvgIpc) is 2.49. The highest BCUT2D eigenvalue weighted by Crippen LogP contribution is 2.17. The molecule has 0 bridgehead atoms. The van der Waals surface area contributed by atoms with Crippen LogP contribution in [0.15, 0.2) is 41.2 Å². The highest BCUT2D eigenvalue weighted by molar-refractivity contribution is 5.89. The van der Waals surface area contributed by atoms with Gasteiger partial charge in [0.2, 0.25) is 0 Å². The molecule has 1 unspecified atom stereocenters. The predicted octanol–water partition coefficient (Wildman–Crippen LogP) is -0.363. The lowest BCUT2D eigenvalue weighted by molar-refractivity contribution is -0.172. The summed E-state index contributed by atoms with van der Waals surface area (Å²) in [6.45, 7) is 0. The lowest BCUT2D eigenvalue weighted by Crippen LogP contribution is -2.45. The molecule has 3 N–H and O–H groups in total. The Balaban J connectivity index is 2.30. The van der Waals surface area contributed by atoms with Gasteiger partial charge in [0.05, 0.1) is 18.4 Å². The van der Waals surface area contributed by atoms with Gasteiger partial charge in [0.1, 0.15) is 0 Å². The second-order valence-electron chi connectivity index (χ2n) is 5.07. The van der Waals surface area contributed by atoms with E-state index in [9.17, 15) is 24.3 Å². The number of carboxylic acids is 2. The molecule has 0 aliphatic heterocycles. The van der Waals surface area contributed by atoms with Gasteiger partial charge >= 0.3 is 17.9 Å². The van der Waals surface area contributed by atoms with Gasteiger partial charge in [0.25, 0.3) is 5.56 Å².